The Labute approximate surface area is 163 Å². The molecule has 142 valence electrons. The number of rotatable bonds is 7. The van der Waals surface area contributed by atoms with Crippen LogP contribution in [0.25, 0.3) is 0 Å². The van der Waals surface area contributed by atoms with Gasteiger partial charge >= 0.3 is 0 Å². The van der Waals surface area contributed by atoms with E-state index in [1.165, 1.54) is 12.1 Å². The summed E-state index contributed by atoms with van der Waals surface area (Å²) in [6.07, 6.45) is 1.75. The molecule has 0 radical (unpaired) electrons. The summed E-state index contributed by atoms with van der Waals surface area (Å²) in [5, 5.41) is 17.3. The van der Waals surface area contributed by atoms with Crippen LogP contribution in [-0.2, 0) is 19.6 Å². The van der Waals surface area contributed by atoms with E-state index in [2.05, 4.69) is 20.6 Å². The summed E-state index contributed by atoms with van der Waals surface area (Å²) < 4.78 is 0. The first-order chi connectivity index (χ1) is 13.7. The van der Waals surface area contributed by atoms with Crippen molar-refractivity contribution in [3.05, 3.63) is 106 Å². The van der Waals surface area contributed by atoms with E-state index < -0.39 is 4.92 Å². The molecule has 0 aliphatic rings. The van der Waals surface area contributed by atoms with Crippen LogP contribution >= 0.6 is 0 Å². The van der Waals surface area contributed by atoms with Gasteiger partial charge in [-0.1, -0.05) is 48.5 Å². The SMILES string of the molecule is O=[N+]([O-])c1ccc(CNC(=NCc2ccccc2)NCc2ccccn2)cc1. The molecule has 7 heteroatoms. The molecule has 0 amide bonds. The Balaban J connectivity index is 1.65. The molecule has 0 aliphatic carbocycles. The zero-order valence-electron chi connectivity index (χ0n) is 15.3. The maximum atomic E-state index is 10.8. The van der Waals surface area contributed by atoms with E-state index in [1.54, 1.807) is 18.3 Å². The molecule has 0 atom stereocenters. The van der Waals surface area contributed by atoms with Gasteiger partial charge in [-0.05, 0) is 23.3 Å². The smallest absolute Gasteiger partial charge is 0.269 e. The highest BCUT2D eigenvalue weighted by atomic mass is 16.6. The van der Waals surface area contributed by atoms with Crippen LogP contribution in [0.1, 0.15) is 16.8 Å². The maximum Gasteiger partial charge on any atom is 0.269 e. The van der Waals surface area contributed by atoms with Crippen LogP contribution < -0.4 is 10.6 Å². The summed E-state index contributed by atoms with van der Waals surface area (Å²) in [7, 11) is 0. The number of nitrogens with zero attached hydrogens (tertiary/aromatic N) is 3. The summed E-state index contributed by atoms with van der Waals surface area (Å²) in [5.41, 5.74) is 3.02. The van der Waals surface area contributed by atoms with E-state index in [4.69, 9.17) is 0 Å². The summed E-state index contributed by atoms with van der Waals surface area (Å²) in [4.78, 5) is 19.3. The second kappa shape index (κ2) is 9.82. The van der Waals surface area contributed by atoms with Gasteiger partial charge in [0.15, 0.2) is 5.96 Å². The average molecular weight is 375 g/mol. The van der Waals surface area contributed by atoms with E-state index in [-0.39, 0.29) is 5.69 Å². The molecule has 1 heterocycles. The lowest BCUT2D eigenvalue weighted by molar-refractivity contribution is -0.384. The first kappa shape index (κ1) is 19.0. The van der Waals surface area contributed by atoms with Crippen molar-refractivity contribution in [2.24, 2.45) is 4.99 Å². The molecule has 2 aromatic carbocycles. The van der Waals surface area contributed by atoms with Crippen molar-refractivity contribution in [3.63, 3.8) is 0 Å². The molecule has 0 unspecified atom stereocenters. The Morgan fingerprint density at radius 2 is 1.61 bits per heavy atom. The molecule has 7 nitrogen and oxygen atoms in total. The van der Waals surface area contributed by atoms with Gasteiger partial charge in [0.05, 0.1) is 23.7 Å². The minimum Gasteiger partial charge on any atom is -0.352 e. The second-order valence-corrected chi connectivity index (χ2v) is 6.10. The van der Waals surface area contributed by atoms with Crippen LogP contribution in [0.3, 0.4) is 0 Å². The molecular formula is C21H21N5O2. The third-order valence-electron chi connectivity index (χ3n) is 4.03. The number of nitrogens with one attached hydrogen (secondary N) is 2. The molecular weight excluding hydrogens is 354 g/mol. The molecule has 0 saturated heterocycles. The summed E-state index contributed by atoms with van der Waals surface area (Å²) >= 11 is 0. The van der Waals surface area contributed by atoms with Crippen LogP contribution in [0.5, 0.6) is 0 Å². The van der Waals surface area contributed by atoms with Gasteiger partial charge in [0, 0.05) is 24.9 Å². The van der Waals surface area contributed by atoms with Gasteiger partial charge < -0.3 is 10.6 Å². The first-order valence-corrected chi connectivity index (χ1v) is 8.90. The number of aliphatic imine (C=N–C) groups is 1. The van der Waals surface area contributed by atoms with Gasteiger partial charge in [-0.2, -0.15) is 0 Å². The van der Waals surface area contributed by atoms with Crippen molar-refractivity contribution in [1.82, 2.24) is 15.6 Å². The van der Waals surface area contributed by atoms with Crippen molar-refractivity contribution in [1.29, 1.82) is 0 Å². The minimum atomic E-state index is -0.404. The van der Waals surface area contributed by atoms with Crippen molar-refractivity contribution in [3.8, 4) is 0 Å². The van der Waals surface area contributed by atoms with E-state index in [1.807, 2.05) is 48.5 Å². The highest BCUT2D eigenvalue weighted by Crippen LogP contribution is 2.11. The normalized spacial score (nSPS) is 11.1. The molecule has 0 aliphatic heterocycles. The molecule has 3 aromatic rings. The molecule has 0 fully saturated rings. The van der Waals surface area contributed by atoms with E-state index >= 15 is 0 Å². The lowest BCUT2D eigenvalue weighted by atomic mass is 10.2. The zero-order valence-corrected chi connectivity index (χ0v) is 15.3. The third-order valence-corrected chi connectivity index (χ3v) is 4.03. The van der Waals surface area contributed by atoms with E-state index in [9.17, 15) is 10.1 Å². The monoisotopic (exact) mass is 375 g/mol. The Morgan fingerprint density at radius 3 is 2.29 bits per heavy atom. The van der Waals surface area contributed by atoms with Crippen LogP contribution in [0, 0.1) is 10.1 Å². The van der Waals surface area contributed by atoms with Gasteiger partial charge in [-0.25, -0.2) is 4.99 Å². The number of hydrogen-bond acceptors (Lipinski definition) is 4. The Hall–Kier alpha value is -3.74. The fourth-order valence-electron chi connectivity index (χ4n) is 2.53. The fraction of sp³-hybridized carbons (Fsp3) is 0.143. The predicted octanol–water partition coefficient (Wildman–Crippen LogP) is 3.43. The minimum absolute atomic E-state index is 0.0787. The largest absolute Gasteiger partial charge is 0.352 e. The Morgan fingerprint density at radius 1 is 0.893 bits per heavy atom. The van der Waals surface area contributed by atoms with Gasteiger partial charge in [-0.3, -0.25) is 15.1 Å². The van der Waals surface area contributed by atoms with E-state index in [0.29, 0.717) is 25.6 Å². The number of non-ortho nitro benzene ring substituents is 1. The Kier molecular flexibility index (Phi) is 6.67. The molecule has 1 aromatic heterocycles. The second-order valence-electron chi connectivity index (χ2n) is 6.10. The quantitative estimate of drug-likeness (QED) is 0.286. The lowest BCUT2D eigenvalue weighted by Crippen LogP contribution is -2.36. The lowest BCUT2D eigenvalue weighted by Gasteiger charge is -2.13. The summed E-state index contributed by atoms with van der Waals surface area (Å²) in [6, 6.07) is 22.2. The van der Waals surface area contributed by atoms with Gasteiger partial charge in [0.2, 0.25) is 0 Å². The summed E-state index contributed by atoms with van der Waals surface area (Å²) in [6.45, 7) is 1.58. The third kappa shape index (κ3) is 5.91. The number of nitro benzene ring substituents is 1. The first-order valence-electron chi connectivity index (χ1n) is 8.90. The highest BCUT2D eigenvalue weighted by Gasteiger charge is 2.05. The van der Waals surface area contributed by atoms with Gasteiger partial charge in [-0.15, -0.1) is 0 Å². The van der Waals surface area contributed by atoms with Crippen molar-refractivity contribution in [2.75, 3.05) is 0 Å². The molecule has 0 saturated carbocycles. The Bertz CT molecular complexity index is 913. The number of guanidine groups is 1. The van der Waals surface area contributed by atoms with Crippen LogP contribution in [0.2, 0.25) is 0 Å². The van der Waals surface area contributed by atoms with Gasteiger partial charge in [0.1, 0.15) is 0 Å². The van der Waals surface area contributed by atoms with Crippen molar-refractivity contribution >= 4 is 11.6 Å². The molecule has 0 bridgehead atoms. The number of pyridine rings is 1. The topological polar surface area (TPSA) is 92.5 Å². The standard InChI is InChI=1S/C21H21N5O2/c27-26(28)20-11-9-18(10-12-20)15-24-21(23-14-17-6-2-1-3-7-17)25-16-19-8-4-5-13-22-19/h1-13H,14-16H2,(H2,23,24,25). The van der Waals surface area contributed by atoms with Crippen LogP contribution in [0.4, 0.5) is 5.69 Å². The summed E-state index contributed by atoms with van der Waals surface area (Å²) in [5.74, 6) is 0.646. The molecule has 3 rings (SSSR count). The zero-order chi connectivity index (χ0) is 19.6. The molecule has 28 heavy (non-hydrogen) atoms. The van der Waals surface area contributed by atoms with Crippen LogP contribution in [-0.4, -0.2) is 15.9 Å². The van der Waals surface area contributed by atoms with E-state index in [0.717, 1.165) is 16.8 Å². The molecule has 0 spiro atoms. The highest BCUT2D eigenvalue weighted by molar-refractivity contribution is 5.79. The maximum absolute atomic E-state index is 10.8. The average Bonchev–Trinajstić information content (AvgIpc) is 2.75. The number of hydrogen-bond donors (Lipinski definition) is 2. The van der Waals surface area contributed by atoms with Crippen LogP contribution in [0.15, 0.2) is 84.0 Å². The number of aromatic nitrogens is 1. The van der Waals surface area contributed by atoms with Crippen molar-refractivity contribution < 1.29 is 4.92 Å². The van der Waals surface area contributed by atoms with Crippen molar-refractivity contribution in [2.45, 2.75) is 19.6 Å². The number of nitro groups is 1. The number of benzene rings is 2. The van der Waals surface area contributed by atoms with Gasteiger partial charge in [0.25, 0.3) is 5.69 Å². The molecule has 2 N–H and O–H groups in total. The predicted molar refractivity (Wildman–Crippen MR) is 109 cm³/mol. The fourth-order valence-corrected chi connectivity index (χ4v) is 2.53.